The molecule has 0 atom stereocenters. The van der Waals surface area contributed by atoms with Gasteiger partial charge in [0, 0.05) is 38.8 Å². The summed E-state index contributed by atoms with van der Waals surface area (Å²) in [5, 5.41) is 16.4. The van der Waals surface area contributed by atoms with E-state index in [2.05, 4.69) is 10.3 Å². The largest absolute Gasteiger partial charge is 0.493 e. The minimum atomic E-state index is -1.06. The van der Waals surface area contributed by atoms with Gasteiger partial charge in [0.15, 0.2) is 5.69 Å². The van der Waals surface area contributed by atoms with E-state index in [-0.39, 0.29) is 5.69 Å². The summed E-state index contributed by atoms with van der Waals surface area (Å²) in [6.45, 7) is 2.79. The van der Waals surface area contributed by atoms with Gasteiger partial charge in [-0.15, -0.1) is 5.10 Å². The number of carboxylic acid groups (broad SMARTS) is 1. The Balaban J connectivity index is 1.85. The molecule has 0 bridgehead atoms. The molecule has 1 aromatic heterocycles. The van der Waals surface area contributed by atoms with E-state index in [0.29, 0.717) is 18.8 Å². The molecule has 0 spiro atoms. The maximum atomic E-state index is 10.9. The van der Waals surface area contributed by atoms with Crippen LogP contribution in [-0.4, -0.2) is 46.8 Å². The Bertz CT molecular complexity index is 652. The lowest BCUT2D eigenvalue weighted by Crippen LogP contribution is -2.10. The highest BCUT2D eigenvalue weighted by Crippen LogP contribution is 2.19. The van der Waals surface area contributed by atoms with Crippen molar-refractivity contribution in [1.29, 1.82) is 0 Å². The van der Waals surface area contributed by atoms with Crippen LogP contribution in [0.5, 0.6) is 5.75 Å². The fraction of sp³-hybridized carbons (Fsp3) is 0.400. The zero-order chi connectivity index (χ0) is 16.1. The molecule has 0 aliphatic carbocycles. The van der Waals surface area contributed by atoms with Gasteiger partial charge in [0.1, 0.15) is 5.75 Å². The smallest absolute Gasteiger partial charge is 0.358 e. The third-order valence-electron chi connectivity index (χ3n) is 3.30. The van der Waals surface area contributed by atoms with Gasteiger partial charge in [0.2, 0.25) is 0 Å². The van der Waals surface area contributed by atoms with Gasteiger partial charge in [0.25, 0.3) is 0 Å². The average Bonchev–Trinajstić information content (AvgIpc) is 2.85. The fourth-order valence-electron chi connectivity index (χ4n) is 2.03. The molecule has 0 unspecified atom stereocenters. The summed E-state index contributed by atoms with van der Waals surface area (Å²) in [4.78, 5) is 12.9. The molecule has 0 aliphatic rings. The highest BCUT2D eigenvalue weighted by molar-refractivity contribution is 5.86. The molecule has 0 saturated heterocycles. The van der Waals surface area contributed by atoms with E-state index in [0.717, 1.165) is 17.9 Å². The molecule has 0 saturated carbocycles. The van der Waals surface area contributed by atoms with E-state index in [1.807, 2.05) is 43.3 Å². The van der Waals surface area contributed by atoms with Crippen molar-refractivity contribution in [1.82, 2.24) is 15.0 Å². The summed E-state index contributed by atoms with van der Waals surface area (Å²) < 4.78 is 7.29. The number of hydrogen-bond acceptors (Lipinski definition) is 5. The van der Waals surface area contributed by atoms with Gasteiger partial charge in [-0.3, -0.25) is 0 Å². The second-order valence-corrected chi connectivity index (χ2v) is 5.15. The maximum Gasteiger partial charge on any atom is 0.358 e. The molecule has 1 heterocycles. The topological polar surface area (TPSA) is 80.5 Å². The molecule has 0 aliphatic heterocycles. The number of aromatic carboxylic acids is 1. The first-order chi connectivity index (χ1) is 10.5. The second-order valence-electron chi connectivity index (χ2n) is 5.15. The van der Waals surface area contributed by atoms with Gasteiger partial charge in [-0.05, 0) is 19.1 Å². The predicted octanol–water partition coefficient (Wildman–Crippen LogP) is 1.82. The number of aromatic nitrogens is 3. The van der Waals surface area contributed by atoms with Crippen molar-refractivity contribution in [2.24, 2.45) is 0 Å². The van der Waals surface area contributed by atoms with E-state index < -0.39 is 5.97 Å². The standard InChI is InChI=1S/C15H20N4O3/c1-11-14(15(20)21)16-17-19(11)8-5-9-22-13-7-4-6-12(10-13)18(2)3/h4,6-7,10H,5,8-9H2,1-3H3,(H,20,21). The quantitative estimate of drug-likeness (QED) is 0.786. The van der Waals surface area contributed by atoms with E-state index in [1.54, 1.807) is 11.6 Å². The molecule has 1 aromatic carbocycles. The van der Waals surface area contributed by atoms with Crippen molar-refractivity contribution >= 4 is 11.7 Å². The summed E-state index contributed by atoms with van der Waals surface area (Å²) in [5.74, 6) is -0.242. The second kappa shape index (κ2) is 6.93. The van der Waals surface area contributed by atoms with Gasteiger partial charge in [-0.1, -0.05) is 11.3 Å². The van der Waals surface area contributed by atoms with E-state index in [4.69, 9.17) is 9.84 Å². The lowest BCUT2D eigenvalue weighted by molar-refractivity contribution is 0.0689. The third-order valence-corrected chi connectivity index (χ3v) is 3.30. The molecule has 7 heteroatoms. The van der Waals surface area contributed by atoms with Crippen molar-refractivity contribution in [3.63, 3.8) is 0 Å². The van der Waals surface area contributed by atoms with Crippen molar-refractivity contribution in [2.75, 3.05) is 25.6 Å². The summed E-state index contributed by atoms with van der Waals surface area (Å²) in [6.07, 6.45) is 0.718. The van der Waals surface area contributed by atoms with Crippen LogP contribution >= 0.6 is 0 Å². The third kappa shape index (κ3) is 3.75. The Hall–Kier alpha value is -2.57. The Kier molecular flexibility index (Phi) is 4.98. The predicted molar refractivity (Wildman–Crippen MR) is 82.6 cm³/mol. The summed E-state index contributed by atoms with van der Waals surface area (Å²) >= 11 is 0. The molecular formula is C15H20N4O3. The number of rotatable bonds is 7. The highest BCUT2D eigenvalue weighted by Gasteiger charge is 2.14. The summed E-state index contributed by atoms with van der Waals surface area (Å²) in [5.41, 5.74) is 1.64. The summed E-state index contributed by atoms with van der Waals surface area (Å²) in [6, 6.07) is 7.85. The van der Waals surface area contributed by atoms with Gasteiger partial charge in [0.05, 0.1) is 12.3 Å². The minimum Gasteiger partial charge on any atom is -0.493 e. The van der Waals surface area contributed by atoms with Crippen LogP contribution in [0.25, 0.3) is 0 Å². The van der Waals surface area contributed by atoms with Crippen LogP contribution in [0.2, 0.25) is 0 Å². The maximum absolute atomic E-state index is 10.9. The van der Waals surface area contributed by atoms with Crippen LogP contribution in [0.3, 0.4) is 0 Å². The van der Waals surface area contributed by atoms with Crippen LogP contribution in [-0.2, 0) is 6.54 Å². The van der Waals surface area contributed by atoms with E-state index >= 15 is 0 Å². The lowest BCUT2D eigenvalue weighted by Gasteiger charge is -2.14. The van der Waals surface area contributed by atoms with Crippen LogP contribution in [0.4, 0.5) is 5.69 Å². The minimum absolute atomic E-state index is 0.000368. The molecule has 1 N–H and O–H groups in total. The summed E-state index contributed by atoms with van der Waals surface area (Å²) in [7, 11) is 3.96. The number of carboxylic acids is 1. The molecule has 0 fully saturated rings. The lowest BCUT2D eigenvalue weighted by atomic mass is 10.3. The van der Waals surface area contributed by atoms with E-state index in [1.165, 1.54) is 0 Å². The number of aryl methyl sites for hydroxylation is 1. The Morgan fingerprint density at radius 3 is 2.82 bits per heavy atom. The molecule has 0 amide bonds. The van der Waals surface area contributed by atoms with Crippen LogP contribution in [0.15, 0.2) is 24.3 Å². The molecular weight excluding hydrogens is 284 g/mol. The zero-order valence-corrected chi connectivity index (χ0v) is 13.0. The first-order valence-electron chi connectivity index (χ1n) is 7.02. The molecule has 118 valence electrons. The van der Waals surface area contributed by atoms with Crippen LogP contribution < -0.4 is 9.64 Å². The Morgan fingerprint density at radius 1 is 1.41 bits per heavy atom. The SMILES string of the molecule is Cc1c(C(=O)O)nnn1CCCOc1cccc(N(C)C)c1. The van der Waals surface area contributed by atoms with E-state index in [9.17, 15) is 4.79 Å². The van der Waals surface area contributed by atoms with Crippen molar-refractivity contribution in [2.45, 2.75) is 19.9 Å². The number of carbonyl (C=O) groups is 1. The monoisotopic (exact) mass is 304 g/mol. The Labute approximate surface area is 129 Å². The zero-order valence-electron chi connectivity index (χ0n) is 13.0. The van der Waals surface area contributed by atoms with Gasteiger partial charge >= 0.3 is 5.97 Å². The fourth-order valence-corrected chi connectivity index (χ4v) is 2.03. The number of ether oxygens (including phenoxy) is 1. The van der Waals surface area contributed by atoms with Gasteiger partial charge in [-0.25, -0.2) is 9.48 Å². The molecule has 2 rings (SSSR count). The molecule has 0 radical (unpaired) electrons. The van der Waals surface area contributed by atoms with Crippen molar-refractivity contribution < 1.29 is 14.6 Å². The highest BCUT2D eigenvalue weighted by atomic mass is 16.5. The van der Waals surface area contributed by atoms with Crippen molar-refractivity contribution in [3.8, 4) is 5.75 Å². The van der Waals surface area contributed by atoms with Gasteiger partial charge < -0.3 is 14.7 Å². The van der Waals surface area contributed by atoms with Crippen molar-refractivity contribution in [3.05, 3.63) is 35.7 Å². The van der Waals surface area contributed by atoms with Crippen LogP contribution in [0, 0.1) is 6.92 Å². The first-order valence-corrected chi connectivity index (χ1v) is 7.02. The molecule has 7 nitrogen and oxygen atoms in total. The van der Waals surface area contributed by atoms with Gasteiger partial charge in [-0.2, -0.15) is 0 Å². The first kappa shape index (κ1) is 15.8. The normalized spacial score (nSPS) is 10.5. The van der Waals surface area contributed by atoms with Crippen LogP contribution in [0.1, 0.15) is 22.6 Å². The number of hydrogen-bond donors (Lipinski definition) is 1. The Morgan fingerprint density at radius 2 is 2.18 bits per heavy atom. The number of anilines is 1. The molecule has 2 aromatic rings. The number of benzene rings is 1. The molecule has 22 heavy (non-hydrogen) atoms. The average molecular weight is 304 g/mol. The number of nitrogens with zero attached hydrogens (tertiary/aromatic N) is 4.